The summed E-state index contributed by atoms with van der Waals surface area (Å²) in [5.41, 5.74) is 1.44. The lowest BCUT2D eigenvalue weighted by Crippen LogP contribution is -2.03. The van der Waals surface area contributed by atoms with Gasteiger partial charge in [0.1, 0.15) is 10.8 Å². The maximum atomic E-state index is 13.3. The van der Waals surface area contributed by atoms with Gasteiger partial charge >= 0.3 is 5.97 Å². The largest absolute Gasteiger partial charge is 0.481 e. The van der Waals surface area contributed by atoms with Crippen LogP contribution in [-0.4, -0.2) is 26.6 Å². The molecule has 0 bridgehead atoms. The highest BCUT2D eigenvalue weighted by Crippen LogP contribution is 2.26. The van der Waals surface area contributed by atoms with Crippen LogP contribution in [0.2, 0.25) is 0 Å². The molecular formula is C14H15FN2O2S. The van der Waals surface area contributed by atoms with Crippen molar-refractivity contribution in [3.63, 3.8) is 0 Å². The van der Waals surface area contributed by atoms with Crippen LogP contribution >= 0.6 is 11.8 Å². The summed E-state index contributed by atoms with van der Waals surface area (Å²) >= 11 is 1.17. The Bertz CT molecular complexity index is 625. The number of carbonyl (C=O) groups is 1. The van der Waals surface area contributed by atoms with Gasteiger partial charge in [0.05, 0.1) is 17.1 Å². The van der Waals surface area contributed by atoms with Crippen molar-refractivity contribution in [2.24, 2.45) is 0 Å². The van der Waals surface area contributed by atoms with Crippen molar-refractivity contribution in [1.82, 2.24) is 9.78 Å². The number of carboxylic acids is 1. The standard InChI is InChI=1S/C14H15FN2O2S/c1-9(2)12-7-13(20-8-14(18)19)17(16-12)11-5-3-4-10(15)6-11/h3-7,9H,8H2,1-2H3,(H,18,19). The summed E-state index contributed by atoms with van der Waals surface area (Å²) in [6.45, 7) is 4.01. The molecule has 0 aliphatic heterocycles. The number of hydrogen-bond donors (Lipinski definition) is 1. The van der Waals surface area contributed by atoms with Gasteiger partial charge in [-0.15, -0.1) is 0 Å². The van der Waals surface area contributed by atoms with E-state index in [1.807, 2.05) is 19.9 Å². The van der Waals surface area contributed by atoms with Crippen molar-refractivity contribution in [2.75, 3.05) is 5.75 Å². The minimum Gasteiger partial charge on any atom is -0.481 e. The van der Waals surface area contributed by atoms with Crippen molar-refractivity contribution in [3.05, 3.63) is 41.8 Å². The molecule has 2 aromatic rings. The Kier molecular flexibility index (Phi) is 4.44. The van der Waals surface area contributed by atoms with Gasteiger partial charge in [0, 0.05) is 0 Å². The average Bonchev–Trinajstić information content (AvgIpc) is 2.80. The lowest BCUT2D eigenvalue weighted by molar-refractivity contribution is -0.133. The number of hydrogen-bond acceptors (Lipinski definition) is 3. The van der Waals surface area contributed by atoms with E-state index in [9.17, 15) is 9.18 Å². The molecule has 0 radical (unpaired) electrons. The first-order valence-electron chi connectivity index (χ1n) is 6.18. The molecule has 106 valence electrons. The zero-order valence-corrected chi connectivity index (χ0v) is 12.0. The Morgan fingerprint density at radius 2 is 2.20 bits per heavy atom. The molecule has 0 spiro atoms. The lowest BCUT2D eigenvalue weighted by Gasteiger charge is -2.06. The van der Waals surface area contributed by atoms with Gasteiger partial charge in [-0.3, -0.25) is 4.79 Å². The summed E-state index contributed by atoms with van der Waals surface area (Å²) in [5.74, 6) is -1.08. The van der Waals surface area contributed by atoms with Crippen LogP contribution in [0.15, 0.2) is 35.4 Å². The van der Waals surface area contributed by atoms with Crippen LogP contribution in [-0.2, 0) is 4.79 Å². The molecule has 0 saturated heterocycles. The first-order chi connectivity index (χ1) is 9.47. The van der Waals surface area contributed by atoms with E-state index >= 15 is 0 Å². The second kappa shape index (κ2) is 6.09. The molecule has 0 fully saturated rings. The maximum Gasteiger partial charge on any atom is 0.313 e. The second-order valence-electron chi connectivity index (χ2n) is 4.64. The molecule has 1 N–H and O–H groups in total. The molecule has 0 aliphatic carbocycles. The van der Waals surface area contributed by atoms with Crippen molar-refractivity contribution < 1.29 is 14.3 Å². The molecule has 20 heavy (non-hydrogen) atoms. The summed E-state index contributed by atoms with van der Waals surface area (Å²) in [6, 6.07) is 7.93. The summed E-state index contributed by atoms with van der Waals surface area (Å²) in [4.78, 5) is 10.7. The Hall–Kier alpha value is -1.82. The Balaban J connectivity index is 2.41. The maximum absolute atomic E-state index is 13.3. The molecule has 0 unspecified atom stereocenters. The van der Waals surface area contributed by atoms with Crippen molar-refractivity contribution >= 4 is 17.7 Å². The van der Waals surface area contributed by atoms with Gasteiger partial charge in [-0.05, 0) is 30.2 Å². The Morgan fingerprint density at radius 1 is 1.45 bits per heavy atom. The quantitative estimate of drug-likeness (QED) is 0.860. The minimum atomic E-state index is -0.895. The number of halogens is 1. The van der Waals surface area contributed by atoms with E-state index in [0.717, 1.165) is 5.69 Å². The van der Waals surface area contributed by atoms with Gasteiger partial charge in [-0.1, -0.05) is 31.7 Å². The lowest BCUT2D eigenvalue weighted by atomic mass is 10.1. The highest BCUT2D eigenvalue weighted by atomic mass is 32.2. The fourth-order valence-corrected chi connectivity index (χ4v) is 2.44. The van der Waals surface area contributed by atoms with E-state index in [2.05, 4.69) is 5.10 Å². The number of rotatable bonds is 5. The van der Waals surface area contributed by atoms with Crippen molar-refractivity contribution in [2.45, 2.75) is 24.8 Å². The molecule has 0 saturated carbocycles. The molecular weight excluding hydrogens is 279 g/mol. The van der Waals surface area contributed by atoms with Crippen molar-refractivity contribution in [3.8, 4) is 5.69 Å². The first-order valence-corrected chi connectivity index (χ1v) is 7.16. The molecule has 0 aliphatic rings. The van der Waals surface area contributed by atoms with Crippen LogP contribution in [0.25, 0.3) is 5.69 Å². The topological polar surface area (TPSA) is 55.1 Å². The molecule has 4 nitrogen and oxygen atoms in total. The van der Waals surface area contributed by atoms with Gasteiger partial charge in [0.25, 0.3) is 0 Å². The summed E-state index contributed by atoms with van der Waals surface area (Å²) in [6.07, 6.45) is 0. The smallest absolute Gasteiger partial charge is 0.313 e. The average molecular weight is 294 g/mol. The van der Waals surface area contributed by atoms with Crippen LogP contribution in [0.5, 0.6) is 0 Å². The third kappa shape index (κ3) is 3.39. The summed E-state index contributed by atoms with van der Waals surface area (Å²) < 4.78 is 14.9. The zero-order valence-electron chi connectivity index (χ0n) is 11.2. The predicted octanol–water partition coefficient (Wildman–Crippen LogP) is 3.31. The van der Waals surface area contributed by atoms with Crippen LogP contribution in [0.1, 0.15) is 25.5 Å². The molecule has 1 aromatic carbocycles. The number of aliphatic carboxylic acids is 1. The zero-order chi connectivity index (χ0) is 14.7. The number of benzene rings is 1. The summed E-state index contributed by atoms with van der Waals surface area (Å²) in [5, 5.41) is 13.9. The van der Waals surface area contributed by atoms with Crippen LogP contribution in [0.3, 0.4) is 0 Å². The number of thioether (sulfide) groups is 1. The van der Waals surface area contributed by atoms with Gasteiger partial charge < -0.3 is 5.11 Å². The molecule has 1 heterocycles. The third-order valence-electron chi connectivity index (χ3n) is 2.68. The molecule has 1 aromatic heterocycles. The number of carboxylic acid groups (broad SMARTS) is 1. The van der Waals surface area contributed by atoms with Gasteiger partial charge in [0.2, 0.25) is 0 Å². The fraction of sp³-hybridized carbons (Fsp3) is 0.286. The van der Waals surface area contributed by atoms with Crippen molar-refractivity contribution in [1.29, 1.82) is 0 Å². The van der Waals surface area contributed by atoms with Crippen LogP contribution < -0.4 is 0 Å². The molecule has 2 rings (SSSR count). The van der Waals surface area contributed by atoms with Crippen LogP contribution in [0, 0.1) is 5.82 Å². The Morgan fingerprint density at radius 3 is 2.80 bits per heavy atom. The Labute approximate surface area is 120 Å². The first kappa shape index (κ1) is 14.6. The van der Waals surface area contributed by atoms with E-state index in [4.69, 9.17) is 5.11 Å². The van der Waals surface area contributed by atoms with E-state index < -0.39 is 5.97 Å². The van der Waals surface area contributed by atoms with Gasteiger partial charge in [-0.2, -0.15) is 5.10 Å². The third-order valence-corrected chi connectivity index (χ3v) is 3.66. The highest BCUT2D eigenvalue weighted by Gasteiger charge is 2.14. The monoisotopic (exact) mass is 294 g/mol. The molecule has 0 amide bonds. The summed E-state index contributed by atoms with van der Waals surface area (Å²) in [7, 11) is 0. The van der Waals surface area contributed by atoms with E-state index in [-0.39, 0.29) is 17.5 Å². The second-order valence-corrected chi connectivity index (χ2v) is 5.63. The highest BCUT2D eigenvalue weighted by molar-refractivity contribution is 7.99. The van der Waals surface area contributed by atoms with E-state index in [0.29, 0.717) is 10.7 Å². The molecule has 0 atom stereocenters. The number of nitrogens with zero attached hydrogens (tertiary/aromatic N) is 2. The predicted molar refractivity (Wildman–Crippen MR) is 76.0 cm³/mol. The van der Waals surface area contributed by atoms with Gasteiger partial charge in [-0.25, -0.2) is 9.07 Å². The van der Waals surface area contributed by atoms with E-state index in [1.165, 1.54) is 23.9 Å². The van der Waals surface area contributed by atoms with Gasteiger partial charge in [0.15, 0.2) is 0 Å². The minimum absolute atomic E-state index is 0.0570. The van der Waals surface area contributed by atoms with E-state index in [1.54, 1.807) is 16.8 Å². The fourth-order valence-electron chi connectivity index (χ4n) is 1.69. The normalized spacial score (nSPS) is 11.0. The van der Waals surface area contributed by atoms with Crippen LogP contribution in [0.4, 0.5) is 4.39 Å². The SMILES string of the molecule is CC(C)c1cc(SCC(=O)O)n(-c2cccc(F)c2)n1. The number of aromatic nitrogens is 2. The molecule has 6 heteroatoms.